The molecule has 0 spiro atoms. The lowest BCUT2D eigenvalue weighted by molar-refractivity contribution is -0.161. The van der Waals surface area contributed by atoms with Gasteiger partial charge in [0.15, 0.2) is 0 Å². The number of carbonyl (C=O) groups excluding carboxylic acids is 1. The molecular weight excluding hydrogens is 200 g/mol. The van der Waals surface area contributed by atoms with Gasteiger partial charge in [-0.15, -0.1) is 0 Å². The van der Waals surface area contributed by atoms with Crippen molar-refractivity contribution in [3.8, 4) is 0 Å². The van der Waals surface area contributed by atoms with E-state index in [0.29, 0.717) is 12.5 Å². The predicted octanol–water partition coefficient (Wildman–Crippen LogP) is 2.62. The Morgan fingerprint density at radius 1 is 0.875 bits per heavy atom. The fourth-order valence-electron chi connectivity index (χ4n) is 5.29. The molecule has 0 aromatic rings. The van der Waals surface area contributed by atoms with Crippen LogP contribution in [0.5, 0.6) is 0 Å². The molecule has 0 amide bonds. The van der Waals surface area contributed by atoms with Gasteiger partial charge in [0.25, 0.3) is 0 Å². The standard InChI is InChI=1S/C14H20O2/c15-14-13-7-12-9-2-1-8(5-9)11(12)6-10(13)3-4-16-14/h8-13H,1-7H2. The predicted molar refractivity (Wildman–Crippen MR) is 59.6 cm³/mol. The highest BCUT2D eigenvalue weighted by atomic mass is 16.5. The molecular formula is C14H20O2. The van der Waals surface area contributed by atoms with Gasteiger partial charge in [-0.3, -0.25) is 4.79 Å². The molecule has 16 heavy (non-hydrogen) atoms. The summed E-state index contributed by atoms with van der Waals surface area (Å²) in [5, 5.41) is 0. The molecule has 0 aromatic carbocycles. The molecule has 4 fully saturated rings. The molecule has 88 valence electrons. The first-order valence-electron chi connectivity index (χ1n) is 6.99. The molecule has 1 aliphatic heterocycles. The number of cyclic esters (lactones) is 1. The Morgan fingerprint density at radius 2 is 1.62 bits per heavy atom. The Hall–Kier alpha value is -0.530. The van der Waals surface area contributed by atoms with E-state index in [-0.39, 0.29) is 11.9 Å². The molecule has 0 radical (unpaired) electrons. The van der Waals surface area contributed by atoms with Gasteiger partial charge in [-0.05, 0) is 68.1 Å². The number of esters is 1. The average molecular weight is 220 g/mol. The van der Waals surface area contributed by atoms with Gasteiger partial charge in [0.2, 0.25) is 0 Å². The highest BCUT2D eigenvalue weighted by Gasteiger charge is 2.53. The molecule has 2 heteroatoms. The number of rotatable bonds is 0. The van der Waals surface area contributed by atoms with E-state index in [1.165, 1.54) is 25.7 Å². The third-order valence-electron chi connectivity index (χ3n) is 5.98. The third-order valence-corrected chi connectivity index (χ3v) is 5.98. The van der Waals surface area contributed by atoms with E-state index in [1.54, 1.807) is 0 Å². The van der Waals surface area contributed by atoms with Crippen LogP contribution >= 0.6 is 0 Å². The molecule has 2 nitrogen and oxygen atoms in total. The van der Waals surface area contributed by atoms with Crippen molar-refractivity contribution in [2.24, 2.45) is 35.5 Å². The Balaban J connectivity index is 1.60. The second-order valence-electron chi connectivity index (χ2n) is 6.46. The first kappa shape index (κ1) is 9.49. The molecule has 6 atom stereocenters. The maximum absolute atomic E-state index is 11.8. The minimum atomic E-state index is 0.123. The molecule has 0 N–H and O–H groups in total. The van der Waals surface area contributed by atoms with Crippen molar-refractivity contribution >= 4 is 5.97 Å². The highest BCUT2D eigenvalue weighted by molar-refractivity contribution is 5.73. The van der Waals surface area contributed by atoms with E-state index in [9.17, 15) is 4.79 Å². The van der Waals surface area contributed by atoms with Crippen LogP contribution in [0, 0.1) is 35.5 Å². The van der Waals surface area contributed by atoms with Crippen LogP contribution in [-0.2, 0) is 9.53 Å². The molecule has 3 saturated carbocycles. The molecule has 6 unspecified atom stereocenters. The normalized spacial score (nSPS) is 54.4. The van der Waals surface area contributed by atoms with Gasteiger partial charge < -0.3 is 4.74 Å². The molecule has 1 heterocycles. The first-order valence-corrected chi connectivity index (χ1v) is 6.99. The van der Waals surface area contributed by atoms with Crippen molar-refractivity contribution in [3.05, 3.63) is 0 Å². The van der Waals surface area contributed by atoms with Gasteiger partial charge in [0.1, 0.15) is 0 Å². The molecule has 2 bridgehead atoms. The minimum Gasteiger partial charge on any atom is -0.465 e. The van der Waals surface area contributed by atoms with Crippen LogP contribution in [0.25, 0.3) is 0 Å². The Labute approximate surface area is 96.7 Å². The largest absolute Gasteiger partial charge is 0.465 e. The molecule has 3 aliphatic carbocycles. The van der Waals surface area contributed by atoms with Crippen molar-refractivity contribution in [3.63, 3.8) is 0 Å². The average Bonchev–Trinajstić information content (AvgIpc) is 2.88. The van der Waals surface area contributed by atoms with Crippen LogP contribution in [0.15, 0.2) is 0 Å². The van der Waals surface area contributed by atoms with Gasteiger partial charge in [-0.2, -0.15) is 0 Å². The van der Waals surface area contributed by atoms with E-state index in [2.05, 4.69) is 0 Å². The fourth-order valence-corrected chi connectivity index (χ4v) is 5.29. The summed E-state index contributed by atoms with van der Waals surface area (Å²) in [6.45, 7) is 0.686. The summed E-state index contributed by atoms with van der Waals surface area (Å²) < 4.78 is 5.24. The van der Waals surface area contributed by atoms with Crippen molar-refractivity contribution in [1.29, 1.82) is 0 Å². The third kappa shape index (κ3) is 1.16. The molecule has 1 saturated heterocycles. The summed E-state index contributed by atoms with van der Waals surface area (Å²) in [4.78, 5) is 11.8. The van der Waals surface area contributed by atoms with Crippen LogP contribution in [0.1, 0.15) is 38.5 Å². The van der Waals surface area contributed by atoms with Crippen molar-refractivity contribution < 1.29 is 9.53 Å². The number of ether oxygens (including phenoxy) is 1. The van der Waals surface area contributed by atoms with E-state index in [4.69, 9.17) is 4.74 Å². The zero-order valence-electron chi connectivity index (χ0n) is 9.73. The summed E-state index contributed by atoms with van der Waals surface area (Å²) >= 11 is 0. The smallest absolute Gasteiger partial charge is 0.309 e. The lowest BCUT2D eigenvalue weighted by atomic mass is 9.62. The van der Waals surface area contributed by atoms with E-state index in [1.807, 2.05) is 0 Å². The zero-order valence-corrected chi connectivity index (χ0v) is 9.73. The minimum absolute atomic E-state index is 0.123. The maximum atomic E-state index is 11.8. The maximum Gasteiger partial charge on any atom is 0.309 e. The Kier molecular flexibility index (Phi) is 1.92. The fraction of sp³-hybridized carbons (Fsp3) is 0.929. The topological polar surface area (TPSA) is 26.3 Å². The van der Waals surface area contributed by atoms with Crippen molar-refractivity contribution in [1.82, 2.24) is 0 Å². The van der Waals surface area contributed by atoms with Crippen molar-refractivity contribution in [2.75, 3.05) is 6.61 Å². The highest BCUT2D eigenvalue weighted by Crippen LogP contribution is 2.60. The molecule has 4 aliphatic rings. The van der Waals surface area contributed by atoms with Gasteiger partial charge in [0.05, 0.1) is 12.5 Å². The summed E-state index contributed by atoms with van der Waals surface area (Å²) in [6.07, 6.45) is 8.04. The zero-order chi connectivity index (χ0) is 10.7. The molecule has 4 rings (SSSR count). The first-order chi connectivity index (χ1) is 7.83. The Bertz CT molecular complexity index is 325. The lowest BCUT2D eigenvalue weighted by Crippen LogP contribution is -2.42. The van der Waals surface area contributed by atoms with Crippen LogP contribution in [-0.4, -0.2) is 12.6 Å². The van der Waals surface area contributed by atoms with Gasteiger partial charge in [-0.1, -0.05) is 0 Å². The SMILES string of the molecule is O=C1OCCC2CC3C4CCC(C4)C3CC12. The summed E-state index contributed by atoms with van der Waals surface area (Å²) in [5.74, 6) is 4.91. The van der Waals surface area contributed by atoms with Gasteiger partial charge >= 0.3 is 5.97 Å². The quantitative estimate of drug-likeness (QED) is 0.587. The van der Waals surface area contributed by atoms with Gasteiger partial charge in [-0.25, -0.2) is 0 Å². The number of carbonyl (C=O) groups is 1. The van der Waals surface area contributed by atoms with E-state index in [0.717, 1.165) is 36.5 Å². The summed E-state index contributed by atoms with van der Waals surface area (Å²) in [7, 11) is 0. The summed E-state index contributed by atoms with van der Waals surface area (Å²) in [5.41, 5.74) is 0. The number of hydrogen-bond donors (Lipinski definition) is 0. The van der Waals surface area contributed by atoms with E-state index >= 15 is 0 Å². The number of fused-ring (bicyclic) bond motifs is 6. The van der Waals surface area contributed by atoms with Crippen LogP contribution < -0.4 is 0 Å². The lowest BCUT2D eigenvalue weighted by Gasteiger charge is -2.44. The Morgan fingerprint density at radius 3 is 2.44 bits per heavy atom. The van der Waals surface area contributed by atoms with Gasteiger partial charge in [0, 0.05) is 0 Å². The number of hydrogen-bond acceptors (Lipinski definition) is 2. The van der Waals surface area contributed by atoms with Crippen LogP contribution in [0.4, 0.5) is 0 Å². The molecule has 0 aromatic heterocycles. The summed E-state index contributed by atoms with van der Waals surface area (Å²) in [6, 6.07) is 0. The van der Waals surface area contributed by atoms with E-state index < -0.39 is 0 Å². The second kappa shape index (κ2) is 3.24. The van der Waals surface area contributed by atoms with Crippen molar-refractivity contribution in [2.45, 2.75) is 38.5 Å². The monoisotopic (exact) mass is 220 g/mol. The second-order valence-corrected chi connectivity index (χ2v) is 6.46. The van der Waals surface area contributed by atoms with Crippen LogP contribution in [0.3, 0.4) is 0 Å². The van der Waals surface area contributed by atoms with Crippen LogP contribution in [0.2, 0.25) is 0 Å².